The smallest absolute Gasteiger partial charge is 0.0603 e. The van der Waals surface area contributed by atoms with Gasteiger partial charge in [-0.1, -0.05) is 30.0 Å². The van der Waals surface area contributed by atoms with E-state index < -0.39 is 0 Å². The van der Waals surface area contributed by atoms with Crippen LogP contribution in [0, 0.1) is 11.8 Å². The van der Waals surface area contributed by atoms with Crippen LogP contribution in [-0.4, -0.2) is 79.9 Å². The fraction of sp³-hybridized carbons (Fsp3) is 0.524. The highest BCUT2D eigenvalue weighted by Crippen LogP contribution is 2.19. The molecule has 1 aromatic heterocycles. The van der Waals surface area contributed by atoms with Crippen LogP contribution in [0.2, 0.25) is 0 Å². The van der Waals surface area contributed by atoms with Gasteiger partial charge in [0, 0.05) is 55.9 Å². The number of para-hydroxylation sites is 1. The zero-order chi connectivity index (χ0) is 17.6. The van der Waals surface area contributed by atoms with E-state index in [2.05, 4.69) is 62.4 Å². The number of aromatic amines is 1. The second kappa shape index (κ2) is 8.70. The number of benzene rings is 1. The molecule has 1 atom stereocenters. The molecular formula is C21H28N4O. The summed E-state index contributed by atoms with van der Waals surface area (Å²) < 4.78 is 5.38. The van der Waals surface area contributed by atoms with Crippen LogP contribution in [0.5, 0.6) is 0 Å². The Balaban J connectivity index is 1.27. The molecule has 2 aromatic rings. The number of aromatic nitrogens is 1. The molecule has 3 heterocycles. The molecule has 2 saturated heterocycles. The lowest BCUT2D eigenvalue weighted by Crippen LogP contribution is -2.51. The predicted molar refractivity (Wildman–Crippen MR) is 105 cm³/mol. The lowest BCUT2D eigenvalue weighted by atomic mass is 10.0. The average Bonchev–Trinajstić information content (AvgIpc) is 3.09. The normalized spacial score (nSPS) is 22.2. The van der Waals surface area contributed by atoms with Gasteiger partial charge in [-0.25, -0.2) is 0 Å². The molecule has 2 aliphatic rings. The number of nitrogens with one attached hydrogen (secondary N) is 2. The Kier molecular flexibility index (Phi) is 5.88. The van der Waals surface area contributed by atoms with Gasteiger partial charge in [0.1, 0.15) is 0 Å². The van der Waals surface area contributed by atoms with Crippen LogP contribution in [0.25, 0.3) is 10.9 Å². The molecule has 0 aliphatic carbocycles. The Morgan fingerprint density at radius 3 is 2.73 bits per heavy atom. The van der Waals surface area contributed by atoms with Gasteiger partial charge in [-0.05, 0) is 18.1 Å². The molecule has 4 rings (SSSR count). The summed E-state index contributed by atoms with van der Waals surface area (Å²) in [4.78, 5) is 8.23. The maximum absolute atomic E-state index is 5.38. The van der Waals surface area contributed by atoms with Gasteiger partial charge in [0.05, 0.1) is 26.3 Å². The number of fused-ring (bicyclic) bond motifs is 1. The molecule has 1 aromatic carbocycles. The minimum absolute atomic E-state index is 0.490. The average molecular weight is 352 g/mol. The summed E-state index contributed by atoms with van der Waals surface area (Å²) in [5, 5.41) is 5.01. The first-order valence-corrected chi connectivity index (χ1v) is 9.65. The molecule has 2 aliphatic heterocycles. The third-order valence-electron chi connectivity index (χ3n) is 5.31. The SMILES string of the molecule is C(#CCN1CCNC(Cc2c[nH]c3ccccc23)C1)CN1CCOCC1. The van der Waals surface area contributed by atoms with Crippen LogP contribution >= 0.6 is 0 Å². The molecule has 0 amide bonds. The Labute approximate surface area is 155 Å². The predicted octanol–water partition coefficient (Wildman–Crippen LogP) is 1.32. The van der Waals surface area contributed by atoms with E-state index in [9.17, 15) is 0 Å². The molecule has 2 fully saturated rings. The molecule has 138 valence electrons. The second-order valence-electron chi connectivity index (χ2n) is 7.19. The highest BCUT2D eigenvalue weighted by Gasteiger charge is 2.20. The number of hydrogen-bond acceptors (Lipinski definition) is 4. The highest BCUT2D eigenvalue weighted by atomic mass is 16.5. The van der Waals surface area contributed by atoms with Crippen LogP contribution < -0.4 is 5.32 Å². The minimum atomic E-state index is 0.490. The first-order chi connectivity index (χ1) is 12.9. The Morgan fingerprint density at radius 2 is 1.85 bits per heavy atom. The van der Waals surface area contributed by atoms with Crippen LogP contribution in [0.4, 0.5) is 0 Å². The molecule has 0 radical (unpaired) electrons. The second-order valence-corrected chi connectivity index (χ2v) is 7.19. The Morgan fingerprint density at radius 1 is 1.04 bits per heavy atom. The van der Waals surface area contributed by atoms with Crippen molar-refractivity contribution in [3.05, 3.63) is 36.0 Å². The Hall–Kier alpha value is -1.84. The fourth-order valence-corrected chi connectivity index (χ4v) is 3.84. The molecule has 0 saturated carbocycles. The first kappa shape index (κ1) is 17.6. The number of nitrogens with zero attached hydrogens (tertiary/aromatic N) is 2. The van der Waals surface area contributed by atoms with Crippen molar-refractivity contribution in [1.82, 2.24) is 20.1 Å². The van der Waals surface area contributed by atoms with Gasteiger partial charge in [-0.3, -0.25) is 9.80 Å². The van der Waals surface area contributed by atoms with Gasteiger partial charge in [0.15, 0.2) is 0 Å². The lowest BCUT2D eigenvalue weighted by Gasteiger charge is -2.32. The van der Waals surface area contributed by atoms with Gasteiger partial charge in [0.2, 0.25) is 0 Å². The fourth-order valence-electron chi connectivity index (χ4n) is 3.84. The topological polar surface area (TPSA) is 43.5 Å². The van der Waals surface area contributed by atoms with E-state index in [1.165, 1.54) is 16.5 Å². The molecule has 0 spiro atoms. The molecule has 5 nitrogen and oxygen atoms in total. The standard InChI is InChI=1S/C21H28N4O/c1-2-6-21-20(5-1)18(16-23-21)15-19-17-25(10-7-22-19)9-4-3-8-24-11-13-26-14-12-24/h1-2,5-6,16,19,22-23H,7-15,17H2. The van der Waals surface area contributed by atoms with Crippen molar-refractivity contribution in [2.24, 2.45) is 0 Å². The van der Waals surface area contributed by atoms with Gasteiger partial charge in [0.25, 0.3) is 0 Å². The molecule has 1 unspecified atom stereocenters. The number of ether oxygens (including phenoxy) is 1. The van der Waals surface area contributed by atoms with Crippen molar-refractivity contribution in [1.29, 1.82) is 0 Å². The van der Waals surface area contributed by atoms with E-state index in [1.54, 1.807) is 0 Å². The first-order valence-electron chi connectivity index (χ1n) is 9.65. The van der Waals surface area contributed by atoms with E-state index in [4.69, 9.17) is 4.74 Å². The summed E-state index contributed by atoms with van der Waals surface area (Å²) in [5.41, 5.74) is 2.63. The maximum atomic E-state index is 5.38. The van der Waals surface area contributed by atoms with Crippen molar-refractivity contribution >= 4 is 10.9 Å². The largest absolute Gasteiger partial charge is 0.379 e. The van der Waals surface area contributed by atoms with E-state index in [1.807, 2.05) is 0 Å². The van der Waals surface area contributed by atoms with Crippen LogP contribution in [0.15, 0.2) is 30.5 Å². The highest BCUT2D eigenvalue weighted by molar-refractivity contribution is 5.83. The van der Waals surface area contributed by atoms with Gasteiger partial charge < -0.3 is 15.0 Å². The summed E-state index contributed by atoms with van der Waals surface area (Å²) in [6.07, 6.45) is 3.22. The van der Waals surface area contributed by atoms with E-state index in [-0.39, 0.29) is 0 Å². The van der Waals surface area contributed by atoms with E-state index in [0.29, 0.717) is 6.04 Å². The molecular weight excluding hydrogens is 324 g/mol. The van der Waals surface area contributed by atoms with Gasteiger partial charge in [-0.15, -0.1) is 0 Å². The van der Waals surface area contributed by atoms with Crippen molar-refractivity contribution in [3.63, 3.8) is 0 Å². The summed E-state index contributed by atoms with van der Waals surface area (Å²) >= 11 is 0. The quantitative estimate of drug-likeness (QED) is 0.815. The summed E-state index contributed by atoms with van der Waals surface area (Å²) in [6.45, 7) is 8.62. The number of hydrogen-bond donors (Lipinski definition) is 2. The van der Waals surface area contributed by atoms with Crippen LogP contribution in [0.3, 0.4) is 0 Å². The third kappa shape index (κ3) is 4.46. The zero-order valence-electron chi connectivity index (χ0n) is 15.3. The van der Waals surface area contributed by atoms with Crippen molar-refractivity contribution < 1.29 is 4.74 Å². The van der Waals surface area contributed by atoms with Crippen LogP contribution in [0.1, 0.15) is 5.56 Å². The van der Waals surface area contributed by atoms with E-state index >= 15 is 0 Å². The number of piperazine rings is 1. The number of rotatable bonds is 4. The third-order valence-corrected chi connectivity index (χ3v) is 5.31. The molecule has 26 heavy (non-hydrogen) atoms. The zero-order valence-corrected chi connectivity index (χ0v) is 15.3. The molecule has 5 heteroatoms. The van der Waals surface area contributed by atoms with Crippen LogP contribution in [-0.2, 0) is 11.2 Å². The van der Waals surface area contributed by atoms with Gasteiger partial charge in [-0.2, -0.15) is 0 Å². The summed E-state index contributed by atoms with van der Waals surface area (Å²) in [6, 6.07) is 9.04. The Bertz CT molecular complexity index is 769. The summed E-state index contributed by atoms with van der Waals surface area (Å²) in [7, 11) is 0. The van der Waals surface area contributed by atoms with Gasteiger partial charge >= 0.3 is 0 Å². The molecule has 2 N–H and O–H groups in total. The summed E-state index contributed by atoms with van der Waals surface area (Å²) in [5.74, 6) is 6.71. The van der Waals surface area contributed by atoms with Crippen molar-refractivity contribution in [2.45, 2.75) is 12.5 Å². The monoisotopic (exact) mass is 352 g/mol. The number of morpholine rings is 1. The number of H-pyrrole nitrogens is 1. The minimum Gasteiger partial charge on any atom is -0.379 e. The van der Waals surface area contributed by atoms with E-state index in [0.717, 1.165) is 65.4 Å². The van der Waals surface area contributed by atoms with Crippen molar-refractivity contribution in [2.75, 3.05) is 59.0 Å². The lowest BCUT2D eigenvalue weighted by molar-refractivity contribution is 0.0443. The molecule has 0 bridgehead atoms. The maximum Gasteiger partial charge on any atom is 0.0603 e. The van der Waals surface area contributed by atoms with Crippen molar-refractivity contribution in [3.8, 4) is 11.8 Å².